The van der Waals surface area contributed by atoms with Crippen molar-refractivity contribution in [1.82, 2.24) is 20.6 Å². The van der Waals surface area contributed by atoms with Gasteiger partial charge in [0.05, 0.1) is 12.4 Å². The number of aromatic nitrogens is 2. The molecular formula is C13H21N5O5. The highest BCUT2D eigenvalue weighted by molar-refractivity contribution is 5.91. The third kappa shape index (κ3) is 5.68. The predicted octanol–water partition coefficient (Wildman–Crippen LogP) is -2.27. The maximum absolute atomic E-state index is 12.0. The Bertz CT molecular complexity index is 545. The van der Waals surface area contributed by atoms with E-state index in [4.69, 9.17) is 10.8 Å². The van der Waals surface area contributed by atoms with E-state index in [-0.39, 0.29) is 6.42 Å². The number of carboxylic acids is 1. The quantitative estimate of drug-likeness (QED) is 0.312. The van der Waals surface area contributed by atoms with Crippen LogP contribution in [0.2, 0.25) is 0 Å². The SMILES string of the molecule is C[C@H](NC(=O)[C@@H](N)[C@@H](C)O)C(=O)N[C@@H](Cc1cnc[nH]1)C(=O)O. The van der Waals surface area contributed by atoms with Crippen LogP contribution < -0.4 is 16.4 Å². The Hall–Kier alpha value is -2.46. The van der Waals surface area contributed by atoms with E-state index in [1.54, 1.807) is 0 Å². The maximum Gasteiger partial charge on any atom is 0.326 e. The van der Waals surface area contributed by atoms with Crippen molar-refractivity contribution in [3.05, 3.63) is 18.2 Å². The summed E-state index contributed by atoms with van der Waals surface area (Å²) in [7, 11) is 0. The normalized spacial score (nSPS) is 16.0. The highest BCUT2D eigenvalue weighted by Gasteiger charge is 2.26. The third-order valence-electron chi connectivity index (χ3n) is 3.17. The van der Waals surface area contributed by atoms with Gasteiger partial charge in [0.15, 0.2) is 0 Å². The summed E-state index contributed by atoms with van der Waals surface area (Å²) >= 11 is 0. The number of aliphatic hydroxyl groups is 1. The van der Waals surface area contributed by atoms with Crippen LogP contribution in [-0.4, -0.2) is 62.2 Å². The standard InChI is InChI=1S/C13H21N5O5/c1-6(17-12(21)10(14)7(2)19)11(20)18-9(13(22)23)3-8-4-15-5-16-8/h4-7,9-10,19H,3,14H2,1-2H3,(H,15,16)(H,17,21)(H,18,20)(H,22,23)/t6-,7+,9-,10-/m0/s1. The lowest BCUT2D eigenvalue weighted by Crippen LogP contribution is -2.55. The Morgan fingerprint density at radius 2 is 1.96 bits per heavy atom. The molecule has 0 spiro atoms. The Morgan fingerprint density at radius 1 is 1.30 bits per heavy atom. The van der Waals surface area contributed by atoms with Gasteiger partial charge in [-0.15, -0.1) is 0 Å². The lowest BCUT2D eigenvalue weighted by Gasteiger charge is -2.20. The largest absolute Gasteiger partial charge is 0.480 e. The van der Waals surface area contributed by atoms with Gasteiger partial charge in [-0.3, -0.25) is 9.59 Å². The minimum Gasteiger partial charge on any atom is -0.480 e. The van der Waals surface area contributed by atoms with Crippen LogP contribution in [0.25, 0.3) is 0 Å². The van der Waals surface area contributed by atoms with Crippen molar-refractivity contribution in [1.29, 1.82) is 0 Å². The highest BCUT2D eigenvalue weighted by Crippen LogP contribution is 2.00. The number of carbonyl (C=O) groups excluding carboxylic acids is 2. The summed E-state index contributed by atoms with van der Waals surface area (Å²) < 4.78 is 0. The zero-order valence-corrected chi connectivity index (χ0v) is 12.8. The molecule has 128 valence electrons. The van der Waals surface area contributed by atoms with Crippen LogP contribution in [0.4, 0.5) is 0 Å². The van der Waals surface area contributed by atoms with Crippen molar-refractivity contribution >= 4 is 17.8 Å². The molecule has 0 aliphatic rings. The van der Waals surface area contributed by atoms with Gasteiger partial charge in [-0.05, 0) is 13.8 Å². The van der Waals surface area contributed by atoms with Gasteiger partial charge < -0.3 is 31.6 Å². The summed E-state index contributed by atoms with van der Waals surface area (Å²) in [5, 5.41) is 23.0. The molecule has 0 bridgehead atoms. The predicted molar refractivity (Wildman–Crippen MR) is 79.1 cm³/mol. The van der Waals surface area contributed by atoms with Crippen LogP contribution in [0.15, 0.2) is 12.5 Å². The molecule has 0 saturated carbocycles. The minimum atomic E-state index is -1.22. The number of hydrogen-bond donors (Lipinski definition) is 6. The first-order valence-electron chi connectivity index (χ1n) is 6.96. The van der Waals surface area contributed by atoms with E-state index in [0.717, 1.165) is 0 Å². The number of rotatable bonds is 8. The Kier molecular flexibility index (Phi) is 6.66. The topological polar surface area (TPSA) is 170 Å². The van der Waals surface area contributed by atoms with Gasteiger partial charge in [-0.25, -0.2) is 9.78 Å². The molecule has 0 aromatic carbocycles. The molecule has 23 heavy (non-hydrogen) atoms. The molecule has 1 heterocycles. The summed E-state index contributed by atoms with van der Waals surface area (Å²) in [5.74, 6) is -2.60. The number of nitrogens with two attached hydrogens (primary N) is 1. The molecule has 10 heteroatoms. The molecule has 0 aliphatic carbocycles. The number of imidazole rings is 1. The number of H-pyrrole nitrogens is 1. The van der Waals surface area contributed by atoms with Gasteiger partial charge in [-0.1, -0.05) is 0 Å². The number of hydrogen-bond acceptors (Lipinski definition) is 6. The van der Waals surface area contributed by atoms with E-state index in [1.165, 1.54) is 26.4 Å². The second kappa shape index (κ2) is 8.25. The first-order valence-corrected chi connectivity index (χ1v) is 6.96. The van der Waals surface area contributed by atoms with E-state index in [2.05, 4.69) is 20.6 Å². The van der Waals surface area contributed by atoms with Crippen LogP contribution in [0.3, 0.4) is 0 Å². The highest BCUT2D eigenvalue weighted by atomic mass is 16.4. The summed E-state index contributed by atoms with van der Waals surface area (Å²) in [4.78, 5) is 41.4. The van der Waals surface area contributed by atoms with Crippen LogP contribution >= 0.6 is 0 Å². The molecule has 0 aliphatic heterocycles. The summed E-state index contributed by atoms with van der Waals surface area (Å²) in [6, 6.07) is -3.35. The zero-order valence-electron chi connectivity index (χ0n) is 12.8. The number of carboxylic acid groups (broad SMARTS) is 1. The van der Waals surface area contributed by atoms with Gasteiger partial charge in [0.1, 0.15) is 18.1 Å². The molecule has 0 unspecified atom stereocenters. The Labute approximate surface area is 132 Å². The molecule has 1 rings (SSSR count). The van der Waals surface area contributed by atoms with Crippen molar-refractivity contribution in [2.75, 3.05) is 0 Å². The van der Waals surface area contributed by atoms with Crippen LogP contribution in [0.1, 0.15) is 19.5 Å². The number of nitrogens with zero attached hydrogens (tertiary/aromatic N) is 1. The summed E-state index contributed by atoms with van der Waals surface area (Å²) in [5.41, 5.74) is 6.00. The molecule has 0 radical (unpaired) electrons. The zero-order chi connectivity index (χ0) is 17.6. The number of nitrogens with one attached hydrogen (secondary N) is 3. The number of aliphatic hydroxyl groups excluding tert-OH is 1. The molecule has 0 fully saturated rings. The van der Waals surface area contributed by atoms with Crippen molar-refractivity contribution < 1.29 is 24.6 Å². The number of carbonyl (C=O) groups is 3. The number of aliphatic carboxylic acids is 1. The first-order chi connectivity index (χ1) is 10.7. The Morgan fingerprint density at radius 3 is 2.43 bits per heavy atom. The van der Waals surface area contributed by atoms with Gasteiger partial charge in [0.25, 0.3) is 0 Å². The van der Waals surface area contributed by atoms with Crippen molar-refractivity contribution in [3.8, 4) is 0 Å². The third-order valence-corrected chi connectivity index (χ3v) is 3.17. The average molecular weight is 327 g/mol. The molecule has 0 saturated heterocycles. The smallest absolute Gasteiger partial charge is 0.326 e. The van der Waals surface area contributed by atoms with E-state index in [9.17, 15) is 19.5 Å². The van der Waals surface area contributed by atoms with Crippen LogP contribution in [0, 0.1) is 0 Å². The molecule has 10 nitrogen and oxygen atoms in total. The molecule has 1 aromatic heterocycles. The second-order valence-electron chi connectivity index (χ2n) is 5.18. The van der Waals surface area contributed by atoms with Crippen molar-refractivity contribution in [2.45, 2.75) is 44.5 Å². The van der Waals surface area contributed by atoms with E-state index < -0.39 is 42.0 Å². The summed E-state index contributed by atoms with van der Waals surface area (Å²) in [6.07, 6.45) is 1.80. The van der Waals surface area contributed by atoms with Crippen molar-refractivity contribution in [2.24, 2.45) is 5.73 Å². The fourth-order valence-corrected chi connectivity index (χ4v) is 1.71. The lowest BCUT2D eigenvalue weighted by atomic mass is 10.1. The fourth-order valence-electron chi connectivity index (χ4n) is 1.71. The van der Waals surface area contributed by atoms with Crippen molar-refractivity contribution in [3.63, 3.8) is 0 Å². The molecular weight excluding hydrogens is 306 g/mol. The van der Waals surface area contributed by atoms with Gasteiger partial charge in [0, 0.05) is 18.3 Å². The lowest BCUT2D eigenvalue weighted by molar-refractivity contribution is -0.142. The Balaban J connectivity index is 2.60. The van der Waals surface area contributed by atoms with Crippen LogP contribution in [-0.2, 0) is 20.8 Å². The van der Waals surface area contributed by atoms with E-state index in [0.29, 0.717) is 5.69 Å². The molecule has 2 amide bonds. The minimum absolute atomic E-state index is 0.0227. The summed E-state index contributed by atoms with van der Waals surface area (Å²) in [6.45, 7) is 2.73. The monoisotopic (exact) mass is 327 g/mol. The van der Waals surface area contributed by atoms with Crippen LogP contribution in [0.5, 0.6) is 0 Å². The second-order valence-corrected chi connectivity index (χ2v) is 5.18. The number of aromatic amines is 1. The first kappa shape index (κ1) is 18.6. The molecule has 7 N–H and O–H groups in total. The molecule has 4 atom stereocenters. The van der Waals surface area contributed by atoms with Gasteiger partial charge >= 0.3 is 5.97 Å². The average Bonchev–Trinajstić information content (AvgIpc) is 2.98. The maximum atomic E-state index is 12.0. The molecule has 1 aromatic rings. The van der Waals surface area contributed by atoms with Gasteiger partial charge in [0.2, 0.25) is 11.8 Å². The van der Waals surface area contributed by atoms with Gasteiger partial charge in [-0.2, -0.15) is 0 Å². The van der Waals surface area contributed by atoms with E-state index >= 15 is 0 Å². The number of amides is 2. The fraction of sp³-hybridized carbons (Fsp3) is 0.538. The van der Waals surface area contributed by atoms with E-state index in [1.807, 2.05) is 0 Å².